The van der Waals surface area contributed by atoms with Crippen LogP contribution in [-0.2, 0) is 4.79 Å². The molecule has 34 heavy (non-hydrogen) atoms. The van der Waals surface area contributed by atoms with Gasteiger partial charge in [0, 0.05) is 18.0 Å². The molecule has 1 amide bonds. The maximum absolute atomic E-state index is 15.3. The van der Waals surface area contributed by atoms with E-state index in [0.717, 1.165) is 36.7 Å². The van der Waals surface area contributed by atoms with Gasteiger partial charge in [0.1, 0.15) is 17.1 Å². The molecule has 4 saturated carbocycles. The molecule has 0 radical (unpaired) electrons. The second-order valence-corrected chi connectivity index (χ2v) is 12.1. The van der Waals surface area contributed by atoms with Gasteiger partial charge in [-0.2, -0.15) is 0 Å². The summed E-state index contributed by atoms with van der Waals surface area (Å²) in [5.74, 6) is 0.629. The zero-order valence-corrected chi connectivity index (χ0v) is 20.2. The summed E-state index contributed by atoms with van der Waals surface area (Å²) in [6.45, 7) is 3.27. The molecule has 2 atom stereocenters. The molecule has 0 spiro atoms. The number of halogens is 1. The van der Waals surface area contributed by atoms with E-state index in [1.54, 1.807) is 6.07 Å². The van der Waals surface area contributed by atoms with Crippen LogP contribution < -0.4 is 4.74 Å². The van der Waals surface area contributed by atoms with Crippen molar-refractivity contribution in [3.63, 3.8) is 0 Å². The Morgan fingerprint density at radius 3 is 2.41 bits per heavy atom. The second kappa shape index (κ2) is 7.96. The fourth-order valence-corrected chi connectivity index (χ4v) is 7.79. The summed E-state index contributed by atoms with van der Waals surface area (Å²) in [5, 5.41) is 9.74. The van der Waals surface area contributed by atoms with Crippen molar-refractivity contribution in [2.24, 2.45) is 23.2 Å². The van der Waals surface area contributed by atoms with Gasteiger partial charge in [0.05, 0.1) is 12.2 Å². The van der Waals surface area contributed by atoms with Crippen molar-refractivity contribution in [3.8, 4) is 5.75 Å². The predicted octanol–water partition coefficient (Wildman–Crippen LogP) is 5.77. The van der Waals surface area contributed by atoms with Crippen LogP contribution in [0.1, 0.15) is 99.4 Å². The molecule has 2 saturated heterocycles. The first kappa shape index (κ1) is 22.4. The van der Waals surface area contributed by atoms with Gasteiger partial charge in [-0.3, -0.25) is 4.79 Å². The number of hydrogen-bond donors (Lipinski definition) is 1. The van der Waals surface area contributed by atoms with Crippen molar-refractivity contribution in [2.75, 3.05) is 13.2 Å². The van der Waals surface area contributed by atoms with Gasteiger partial charge in [-0.25, -0.2) is 9.18 Å². The van der Waals surface area contributed by atoms with Gasteiger partial charge in [-0.05, 0) is 86.7 Å². The number of carbonyl (C=O) groups excluding carboxylic acids is 1. The van der Waals surface area contributed by atoms with Gasteiger partial charge >= 0.3 is 5.97 Å². The summed E-state index contributed by atoms with van der Waals surface area (Å²) in [6, 6.07) is 3.08. The van der Waals surface area contributed by atoms with E-state index < -0.39 is 23.2 Å². The topological polar surface area (TPSA) is 66.8 Å². The van der Waals surface area contributed by atoms with Crippen molar-refractivity contribution < 1.29 is 23.8 Å². The first-order chi connectivity index (χ1) is 16.3. The zero-order chi connectivity index (χ0) is 23.7. The molecule has 4 bridgehead atoms. The number of ether oxygens (including phenoxy) is 1. The molecular weight excluding hydrogens is 433 g/mol. The third kappa shape index (κ3) is 3.54. The minimum absolute atomic E-state index is 0.000159. The highest BCUT2D eigenvalue weighted by Gasteiger charge is 2.63. The molecule has 5 nitrogen and oxygen atoms in total. The Morgan fingerprint density at radius 2 is 1.79 bits per heavy atom. The molecule has 2 aliphatic heterocycles. The maximum Gasteiger partial charge on any atom is 0.329 e. The van der Waals surface area contributed by atoms with E-state index in [9.17, 15) is 14.7 Å². The zero-order valence-electron chi connectivity index (χ0n) is 20.2. The van der Waals surface area contributed by atoms with Crippen molar-refractivity contribution in [2.45, 2.75) is 89.0 Å². The van der Waals surface area contributed by atoms with E-state index in [1.165, 1.54) is 49.5 Å². The lowest BCUT2D eigenvalue weighted by atomic mass is 9.60. The highest BCUT2D eigenvalue weighted by molar-refractivity contribution is 5.99. The quantitative estimate of drug-likeness (QED) is 0.551. The van der Waals surface area contributed by atoms with Gasteiger partial charge in [-0.1, -0.05) is 26.2 Å². The van der Waals surface area contributed by atoms with E-state index in [2.05, 4.69) is 6.92 Å². The number of carbonyl (C=O) groups is 2. The van der Waals surface area contributed by atoms with Crippen LogP contribution in [0.3, 0.4) is 0 Å². The van der Waals surface area contributed by atoms with E-state index in [4.69, 9.17) is 4.74 Å². The summed E-state index contributed by atoms with van der Waals surface area (Å²) in [7, 11) is 0. The van der Waals surface area contributed by atoms with Gasteiger partial charge in [-0.15, -0.1) is 0 Å². The Labute approximate surface area is 201 Å². The lowest BCUT2D eigenvalue weighted by Crippen LogP contribution is -2.54. The smallest absolute Gasteiger partial charge is 0.329 e. The van der Waals surface area contributed by atoms with Gasteiger partial charge in [0.2, 0.25) is 0 Å². The Balaban J connectivity index is 1.25. The number of rotatable bonds is 7. The Kier molecular flexibility index (Phi) is 5.23. The number of benzene rings is 1. The average Bonchev–Trinajstić information content (AvgIpc) is 3.45. The van der Waals surface area contributed by atoms with Crippen LogP contribution in [0.15, 0.2) is 12.1 Å². The Bertz CT molecular complexity index is 1000. The van der Waals surface area contributed by atoms with Crippen molar-refractivity contribution in [1.29, 1.82) is 0 Å². The number of carboxylic acids is 1. The van der Waals surface area contributed by atoms with Crippen molar-refractivity contribution in [1.82, 2.24) is 4.90 Å². The summed E-state index contributed by atoms with van der Waals surface area (Å²) in [6.07, 6.45) is 11.8. The lowest BCUT2D eigenvalue weighted by molar-refractivity contribution is -0.151. The van der Waals surface area contributed by atoms with Crippen LogP contribution >= 0.6 is 0 Å². The largest absolute Gasteiger partial charge is 0.493 e. The van der Waals surface area contributed by atoms with E-state index >= 15 is 4.39 Å². The molecule has 0 aromatic heterocycles. The van der Waals surface area contributed by atoms with Crippen LogP contribution in [0, 0.1) is 29.0 Å². The molecule has 1 N–H and O–H groups in total. The van der Waals surface area contributed by atoms with Crippen LogP contribution in [0.25, 0.3) is 0 Å². The number of hydrogen-bond acceptors (Lipinski definition) is 3. The number of carboxylic acid groups (broad SMARTS) is 1. The van der Waals surface area contributed by atoms with Gasteiger partial charge in [0.15, 0.2) is 0 Å². The second-order valence-electron chi connectivity index (χ2n) is 12.1. The monoisotopic (exact) mass is 469 g/mol. The number of amides is 1. The highest BCUT2D eigenvalue weighted by atomic mass is 19.1. The molecule has 2 unspecified atom stereocenters. The molecule has 6 aliphatic rings. The summed E-state index contributed by atoms with van der Waals surface area (Å²) < 4.78 is 21.7. The molecule has 1 aromatic rings. The predicted molar refractivity (Wildman–Crippen MR) is 125 cm³/mol. The summed E-state index contributed by atoms with van der Waals surface area (Å²) in [5.41, 5.74) is -0.0670. The highest BCUT2D eigenvalue weighted by Crippen LogP contribution is 2.53. The average molecular weight is 470 g/mol. The fourth-order valence-electron chi connectivity index (χ4n) is 7.79. The van der Waals surface area contributed by atoms with Crippen LogP contribution in [-0.4, -0.2) is 40.6 Å². The minimum atomic E-state index is -1.14. The first-order valence-electron chi connectivity index (χ1n) is 13.3. The first-order valence-corrected chi connectivity index (χ1v) is 13.3. The molecule has 1 aromatic carbocycles. The third-order valence-electron chi connectivity index (χ3n) is 9.82. The number of nitrogens with zero attached hydrogens (tertiary/aromatic N) is 1. The Hall–Kier alpha value is -2.11. The van der Waals surface area contributed by atoms with Crippen molar-refractivity contribution >= 4 is 11.9 Å². The van der Waals surface area contributed by atoms with E-state index in [1.807, 2.05) is 0 Å². The van der Waals surface area contributed by atoms with E-state index in [-0.39, 0.29) is 16.9 Å². The normalized spacial score (nSPS) is 36.2. The molecule has 7 rings (SSSR count). The van der Waals surface area contributed by atoms with Crippen LogP contribution in [0.4, 0.5) is 4.39 Å². The summed E-state index contributed by atoms with van der Waals surface area (Å²) in [4.78, 5) is 26.6. The SMILES string of the molecule is CCC1(COc2cc(F)c(C(=O)N3CC4CC3(C(=O)O)C4)cc2C2CC2)CC2CCCC(C2)C1. The van der Waals surface area contributed by atoms with Crippen LogP contribution in [0.5, 0.6) is 5.75 Å². The molecule has 6 heteroatoms. The molecular formula is C28H36FNO4. The standard InChI is InChI=1S/C28H36FNO4/c1-2-27(11-17-4-3-5-18(8-17)12-27)16-34-24-10-23(29)22(9-21(24)20-6-7-20)25(31)30-15-19-13-28(30,14-19)26(32)33/h9-10,17-20H,2-8,11-16H2,1H3,(H,32,33). The molecule has 4 aliphatic carbocycles. The fraction of sp³-hybridized carbons (Fsp3) is 0.714. The number of aliphatic carboxylic acids is 1. The van der Waals surface area contributed by atoms with E-state index in [0.29, 0.717) is 37.7 Å². The lowest BCUT2D eigenvalue weighted by Gasteiger charge is -2.47. The molecule has 6 fully saturated rings. The van der Waals surface area contributed by atoms with Gasteiger partial charge in [0.25, 0.3) is 5.91 Å². The van der Waals surface area contributed by atoms with Crippen LogP contribution in [0.2, 0.25) is 0 Å². The third-order valence-corrected chi connectivity index (χ3v) is 9.82. The van der Waals surface area contributed by atoms with Gasteiger partial charge < -0.3 is 14.7 Å². The van der Waals surface area contributed by atoms with Crippen molar-refractivity contribution in [3.05, 3.63) is 29.1 Å². The number of fused-ring (bicyclic) bond motifs is 3. The maximum atomic E-state index is 15.3. The summed E-state index contributed by atoms with van der Waals surface area (Å²) >= 11 is 0. The molecule has 184 valence electrons. The minimum Gasteiger partial charge on any atom is -0.493 e. The Morgan fingerprint density at radius 1 is 1.09 bits per heavy atom. The molecule has 2 heterocycles.